The molecule has 0 amide bonds. The summed E-state index contributed by atoms with van der Waals surface area (Å²) >= 11 is 0. The fourth-order valence-corrected chi connectivity index (χ4v) is 2.28. The third-order valence-electron chi connectivity index (χ3n) is 3.21. The predicted octanol–water partition coefficient (Wildman–Crippen LogP) is 2.12. The van der Waals surface area contributed by atoms with Crippen molar-refractivity contribution in [2.45, 2.75) is 39.7 Å². The van der Waals surface area contributed by atoms with Crippen molar-refractivity contribution in [2.75, 3.05) is 11.4 Å². The minimum atomic E-state index is -0.760. The summed E-state index contributed by atoms with van der Waals surface area (Å²) < 4.78 is 1.80. The monoisotopic (exact) mass is 276 g/mol. The Hall–Kier alpha value is -2.11. The van der Waals surface area contributed by atoms with E-state index in [1.807, 2.05) is 13.0 Å². The summed E-state index contributed by atoms with van der Waals surface area (Å²) in [5, 5.41) is 13.0. The lowest BCUT2D eigenvalue weighted by Gasteiger charge is -2.29. The van der Waals surface area contributed by atoms with Gasteiger partial charge < -0.3 is 10.0 Å². The number of anilines is 1. The average Bonchev–Trinajstić information content (AvgIpc) is 2.81. The maximum Gasteiger partial charge on any atom is 0.303 e. The van der Waals surface area contributed by atoms with Gasteiger partial charge in [-0.15, -0.1) is 0 Å². The molecule has 0 fully saturated rings. The molecule has 6 heteroatoms. The lowest BCUT2D eigenvalue weighted by molar-refractivity contribution is -0.137. The molecule has 2 heterocycles. The molecule has 1 N–H and O–H groups in total. The highest BCUT2D eigenvalue weighted by molar-refractivity contribution is 5.66. The van der Waals surface area contributed by atoms with Crippen LogP contribution in [0.4, 0.5) is 5.82 Å². The first-order valence-corrected chi connectivity index (χ1v) is 6.78. The van der Waals surface area contributed by atoms with Gasteiger partial charge in [0.15, 0.2) is 5.65 Å². The maximum atomic E-state index is 10.7. The van der Waals surface area contributed by atoms with Gasteiger partial charge in [0.1, 0.15) is 12.1 Å². The van der Waals surface area contributed by atoms with E-state index in [0.717, 1.165) is 17.0 Å². The summed E-state index contributed by atoms with van der Waals surface area (Å²) in [7, 11) is 0. The standard InChI is InChI=1S/C14H20N4O2/c1-10(2)17(6-4-5-14(19)20)13-8-11(3)7-12-15-9-16-18(12)13/h7-10H,4-6H2,1-3H3,(H,19,20). The van der Waals surface area contributed by atoms with Gasteiger partial charge in [-0.1, -0.05) is 0 Å². The molecule has 0 saturated heterocycles. The van der Waals surface area contributed by atoms with Crippen molar-refractivity contribution >= 4 is 17.4 Å². The first-order valence-electron chi connectivity index (χ1n) is 6.78. The van der Waals surface area contributed by atoms with Gasteiger partial charge in [0.25, 0.3) is 0 Å². The summed E-state index contributed by atoms with van der Waals surface area (Å²) in [6.07, 6.45) is 2.32. The second-order valence-electron chi connectivity index (χ2n) is 5.21. The Balaban J connectivity index is 2.31. The molecule has 2 aromatic heterocycles. The van der Waals surface area contributed by atoms with E-state index >= 15 is 0 Å². The molecule has 0 aliphatic carbocycles. The summed E-state index contributed by atoms with van der Waals surface area (Å²) in [6, 6.07) is 4.30. The largest absolute Gasteiger partial charge is 0.481 e. The molecule has 0 bridgehead atoms. The summed E-state index contributed by atoms with van der Waals surface area (Å²) in [6.45, 7) is 6.88. The number of aryl methyl sites for hydroxylation is 1. The third-order valence-corrected chi connectivity index (χ3v) is 3.21. The highest BCUT2D eigenvalue weighted by Crippen LogP contribution is 2.20. The maximum absolute atomic E-state index is 10.7. The molecule has 0 saturated carbocycles. The van der Waals surface area contributed by atoms with Crippen LogP contribution in [0.15, 0.2) is 18.5 Å². The Kier molecular flexibility index (Phi) is 4.22. The molecule has 0 unspecified atom stereocenters. The van der Waals surface area contributed by atoms with Gasteiger partial charge in [0.2, 0.25) is 0 Å². The Morgan fingerprint density at radius 2 is 2.20 bits per heavy atom. The van der Waals surface area contributed by atoms with Crippen LogP contribution in [-0.4, -0.2) is 38.3 Å². The lowest BCUT2D eigenvalue weighted by atomic mass is 10.2. The summed E-state index contributed by atoms with van der Waals surface area (Å²) in [5.74, 6) is 0.196. The molecule has 6 nitrogen and oxygen atoms in total. The quantitative estimate of drug-likeness (QED) is 0.875. The normalized spacial score (nSPS) is 11.2. The smallest absolute Gasteiger partial charge is 0.303 e. The number of aliphatic carboxylic acids is 1. The molecule has 2 rings (SSSR count). The molecule has 0 aliphatic rings. The van der Waals surface area contributed by atoms with E-state index in [2.05, 4.69) is 34.9 Å². The van der Waals surface area contributed by atoms with Gasteiger partial charge in [0, 0.05) is 19.0 Å². The van der Waals surface area contributed by atoms with E-state index in [0.29, 0.717) is 13.0 Å². The number of carbonyl (C=O) groups is 1. The van der Waals surface area contributed by atoms with Crippen LogP contribution in [0.3, 0.4) is 0 Å². The Bertz CT molecular complexity index is 606. The molecule has 0 atom stereocenters. The van der Waals surface area contributed by atoms with Crippen LogP contribution in [0.1, 0.15) is 32.3 Å². The number of hydrogen-bond donors (Lipinski definition) is 1. The molecular formula is C14H20N4O2. The van der Waals surface area contributed by atoms with Gasteiger partial charge in [-0.2, -0.15) is 9.61 Å². The van der Waals surface area contributed by atoms with Crippen LogP contribution in [0.2, 0.25) is 0 Å². The minimum absolute atomic E-state index is 0.176. The second-order valence-corrected chi connectivity index (χ2v) is 5.21. The zero-order chi connectivity index (χ0) is 14.7. The van der Waals surface area contributed by atoms with Crippen molar-refractivity contribution in [1.82, 2.24) is 14.6 Å². The van der Waals surface area contributed by atoms with E-state index in [-0.39, 0.29) is 12.5 Å². The molecule has 0 spiro atoms. The highest BCUT2D eigenvalue weighted by atomic mass is 16.4. The zero-order valence-corrected chi connectivity index (χ0v) is 12.1. The van der Waals surface area contributed by atoms with Gasteiger partial charge in [-0.25, -0.2) is 4.98 Å². The molecule has 108 valence electrons. The van der Waals surface area contributed by atoms with Crippen LogP contribution < -0.4 is 4.90 Å². The number of nitrogens with zero attached hydrogens (tertiary/aromatic N) is 4. The fraction of sp³-hybridized carbons (Fsp3) is 0.500. The topological polar surface area (TPSA) is 70.7 Å². The molecule has 0 radical (unpaired) electrons. The van der Waals surface area contributed by atoms with Crippen LogP contribution in [0, 0.1) is 6.92 Å². The number of rotatable bonds is 6. The zero-order valence-electron chi connectivity index (χ0n) is 12.1. The Labute approximate surface area is 118 Å². The van der Waals surface area contributed by atoms with Crippen molar-refractivity contribution in [3.63, 3.8) is 0 Å². The Morgan fingerprint density at radius 1 is 1.45 bits per heavy atom. The van der Waals surface area contributed by atoms with Crippen molar-refractivity contribution in [3.05, 3.63) is 24.0 Å². The van der Waals surface area contributed by atoms with E-state index in [1.165, 1.54) is 6.33 Å². The van der Waals surface area contributed by atoms with Gasteiger partial charge in [0.05, 0.1) is 0 Å². The highest BCUT2D eigenvalue weighted by Gasteiger charge is 2.15. The van der Waals surface area contributed by atoms with Crippen molar-refractivity contribution < 1.29 is 9.90 Å². The summed E-state index contributed by atoms with van der Waals surface area (Å²) in [4.78, 5) is 17.1. The van der Waals surface area contributed by atoms with Gasteiger partial charge in [-0.3, -0.25) is 4.79 Å². The van der Waals surface area contributed by atoms with E-state index in [1.54, 1.807) is 4.52 Å². The SMILES string of the molecule is Cc1cc(N(CCCC(=O)O)C(C)C)n2ncnc2c1. The van der Waals surface area contributed by atoms with E-state index < -0.39 is 5.97 Å². The number of carboxylic acid groups (broad SMARTS) is 1. The first-order chi connectivity index (χ1) is 9.49. The van der Waals surface area contributed by atoms with Crippen LogP contribution >= 0.6 is 0 Å². The van der Waals surface area contributed by atoms with Crippen LogP contribution in [-0.2, 0) is 4.79 Å². The van der Waals surface area contributed by atoms with Crippen molar-refractivity contribution in [2.24, 2.45) is 0 Å². The van der Waals surface area contributed by atoms with E-state index in [4.69, 9.17) is 5.11 Å². The van der Waals surface area contributed by atoms with Crippen LogP contribution in [0.5, 0.6) is 0 Å². The summed E-state index contributed by atoms with van der Waals surface area (Å²) in [5.41, 5.74) is 1.92. The molecule has 20 heavy (non-hydrogen) atoms. The number of fused-ring (bicyclic) bond motifs is 1. The van der Waals surface area contributed by atoms with Crippen LogP contribution in [0.25, 0.3) is 5.65 Å². The minimum Gasteiger partial charge on any atom is -0.481 e. The molecule has 2 aromatic rings. The predicted molar refractivity (Wildman–Crippen MR) is 77.1 cm³/mol. The fourth-order valence-electron chi connectivity index (χ4n) is 2.28. The average molecular weight is 276 g/mol. The number of pyridine rings is 1. The second kappa shape index (κ2) is 5.90. The number of carboxylic acids is 1. The molecule has 0 aliphatic heterocycles. The van der Waals surface area contributed by atoms with Gasteiger partial charge in [-0.05, 0) is 44.9 Å². The first kappa shape index (κ1) is 14.3. The molecule has 0 aromatic carbocycles. The van der Waals surface area contributed by atoms with Crippen molar-refractivity contribution in [1.29, 1.82) is 0 Å². The van der Waals surface area contributed by atoms with Gasteiger partial charge >= 0.3 is 5.97 Å². The third kappa shape index (κ3) is 3.07. The van der Waals surface area contributed by atoms with Crippen molar-refractivity contribution in [3.8, 4) is 0 Å². The Morgan fingerprint density at radius 3 is 2.85 bits per heavy atom. The molecular weight excluding hydrogens is 256 g/mol. The number of aromatic nitrogens is 3. The number of hydrogen-bond acceptors (Lipinski definition) is 4. The van der Waals surface area contributed by atoms with E-state index in [9.17, 15) is 4.79 Å². The lowest BCUT2D eigenvalue weighted by Crippen LogP contribution is -2.33.